The van der Waals surface area contributed by atoms with Gasteiger partial charge >= 0.3 is 0 Å². The summed E-state index contributed by atoms with van der Waals surface area (Å²) in [5, 5.41) is 11.7. The Balaban J connectivity index is 2.58. The molecular formula is C14H13NO2. The van der Waals surface area contributed by atoms with E-state index in [0.717, 1.165) is 38.8 Å². The van der Waals surface area contributed by atoms with Crippen molar-refractivity contribution in [2.75, 3.05) is 5.73 Å². The lowest BCUT2D eigenvalue weighted by molar-refractivity contribution is 0.470. The normalized spacial score (nSPS) is 11.4. The van der Waals surface area contributed by atoms with E-state index in [2.05, 4.69) is 0 Å². The van der Waals surface area contributed by atoms with Crippen LogP contribution in [0.4, 0.5) is 5.69 Å². The van der Waals surface area contributed by atoms with Crippen LogP contribution in [0.3, 0.4) is 0 Å². The number of aromatic hydroxyl groups is 1. The molecule has 3 N–H and O–H groups in total. The number of nitrogens with two attached hydrogens (primary N) is 1. The van der Waals surface area contributed by atoms with Crippen LogP contribution in [0.25, 0.3) is 21.9 Å². The highest BCUT2D eigenvalue weighted by molar-refractivity contribution is 6.08. The Kier molecular flexibility index (Phi) is 1.87. The molecule has 3 aromatic rings. The molecule has 0 amide bonds. The van der Waals surface area contributed by atoms with Crippen LogP contribution in [-0.2, 0) is 0 Å². The van der Waals surface area contributed by atoms with E-state index in [0.29, 0.717) is 0 Å². The van der Waals surface area contributed by atoms with Crippen molar-refractivity contribution in [3.05, 3.63) is 35.4 Å². The Labute approximate surface area is 98.5 Å². The molecule has 0 fully saturated rings. The van der Waals surface area contributed by atoms with Crippen LogP contribution in [0.15, 0.2) is 28.7 Å². The first kappa shape index (κ1) is 10.0. The maximum absolute atomic E-state index is 9.68. The molecule has 0 aliphatic heterocycles. The van der Waals surface area contributed by atoms with Gasteiger partial charge in [-0.1, -0.05) is 0 Å². The summed E-state index contributed by atoms with van der Waals surface area (Å²) in [6, 6.07) is 7.41. The molecule has 0 saturated carbocycles. The van der Waals surface area contributed by atoms with Gasteiger partial charge in [-0.15, -0.1) is 0 Å². The van der Waals surface area contributed by atoms with Crippen molar-refractivity contribution in [2.45, 2.75) is 13.8 Å². The number of nitrogen functional groups attached to an aromatic ring is 1. The number of rotatable bonds is 0. The SMILES string of the molecule is Cc1c(N)ccc2c1oc1c(C)c(O)ccc12. The summed E-state index contributed by atoms with van der Waals surface area (Å²) in [6.45, 7) is 3.79. The molecule has 17 heavy (non-hydrogen) atoms. The van der Waals surface area contributed by atoms with Crippen LogP contribution in [-0.4, -0.2) is 5.11 Å². The summed E-state index contributed by atoms with van der Waals surface area (Å²) in [4.78, 5) is 0. The van der Waals surface area contributed by atoms with Crippen LogP contribution < -0.4 is 5.73 Å². The van der Waals surface area contributed by atoms with E-state index < -0.39 is 0 Å². The zero-order chi connectivity index (χ0) is 12.2. The van der Waals surface area contributed by atoms with Crippen LogP contribution in [0.2, 0.25) is 0 Å². The molecule has 0 aliphatic carbocycles. The molecule has 0 unspecified atom stereocenters. The standard InChI is InChI=1S/C14H13NO2/c1-7-11(15)5-3-9-10-4-6-12(16)8(2)14(10)17-13(7)9/h3-6,16H,15H2,1-2H3. The maximum atomic E-state index is 9.68. The van der Waals surface area contributed by atoms with Crippen molar-refractivity contribution in [1.29, 1.82) is 0 Å². The predicted octanol–water partition coefficient (Wildman–Crippen LogP) is 3.49. The molecule has 1 heterocycles. The van der Waals surface area contributed by atoms with E-state index in [1.165, 1.54) is 0 Å². The molecule has 0 spiro atoms. The summed E-state index contributed by atoms with van der Waals surface area (Å²) in [5.74, 6) is 0.252. The molecule has 0 aliphatic rings. The van der Waals surface area contributed by atoms with Gasteiger partial charge in [0.1, 0.15) is 16.9 Å². The van der Waals surface area contributed by atoms with Crippen LogP contribution >= 0.6 is 0 Å². The summed E-state index contributed by atoms with van der Waals surface area (Å²) in [7, 11) is 0. The molecule has 3 nitrogen and oxygen atoms in total. The quantitative estimate of drug-likeness (QED) is 0.578. The van der Waals surface area contributed by atoms with Gasteiger partial charge in [0.25, 0.3) is 0 Å². The van der Waals surface area contributed by atoms with Crippen molar-refractivity contribution < 1.29 is 9.52 Å². The highest BCUT2D eigenvalue weighted by atomic mass is 16.3. The largest absolute Gasteiger partial charge is 0.508 e. The lowest BCUT2D eigenvalue weighted by atomic mass is 10.1. The highest BCUT2D eigenvalue weighted by Crippen LogP contribution is 2.36. The number of phenolic OH excluding ortho intramolecular Hbond substituents is 1. The third kappa shape index (κ3) is 1.22. The van der Waals surface area contributed by atoms with E-state index in [9.17, 15) is 5.11 Å². The lowest BCUT2D eigenvalue weighted by Gasteiger charge is -1.98. The lowest BCUT2D eigenvalue weighted by Crippen LogP contribution is -1.88. The summed E-state index contributed by atoms with van der Waals surface area (Å²) in [5.41, 5.74) is 9.82. The Morgan fingerprint density at radius 2 is 1.53 bits per heavy atom. The monoisotopic (exact) mass is 227 g/mol. The van der Waals surface area contributed by atoms with Crippen LogP contribution in [0, 0.1) is 13.8 Å². The predicted molar refractivity (Wildman–Crippen MR) is 69.3 cm³/mol. The summed E-state index contributed by atoms with van der Waals surface area (Å²) in [6.07, 6.45) is 0. The van der Waals surface area contributed by atoms with Crippen molar-refractivity contribution in [3.8, 4) is 5.75 Å². The second-order valence-electron chi connectivity index (χ2n) is 4.34. The fourth-order valence-electron chi connectivity index (χ4n) is 2.18. The molecular weight excluding hydrogens is 214 g/mol. The average molecular weight is 227 g/mol. The smallest absolute Gasteiger partial charge is 0.142 e. The minimum atomic E-state index is 0.252. The number of hydrogen-bond acceptors (Lipinski definition) is 3. The molecule has 0 saturated heterocycles. The zero-order valence-corrected chi connectivity index (χ0v) is 9.74. The van der Waals surface area contributed by atoms with Gasteiger partial charge in [-0.2, -0.15) is 0 Å². The second-order valence-corrected chi connectivity index (χ2v) is 4.34. The van der Waals surface area contributed by atoms with E-state index in [4.69, 9.17) is 10.2 Å². The first-order valence-corrected chi connectivity index (χ1v) is 5.49. The topological polar surface area (TPSA) is 59.4 Å². The molecule has 86 valence electrons. The minimum absolute atomic E-state index is 0.252. The zero-order valence-electron chi connectivity index (χ0n) is 9.74. The number of hydrogen-bond donors (Lipinski definition) is 2. The number of phenols is 1. The van der Waals surface area contributed by atoms with E-state index in [-0.39, 0.29) is 5.75 Å². The molecule has 0 radical (unpaired) electrons. The summed E-state index contributed by atoms with van der Waals surface area (Å²) < 4.78 is 5.84. The van der Waals surface area contributed by atoms with Crippen molar-refractivity contribution in [1.82, 2.24) is 0 Å². The van der Waals surface area contributed by atoms with Gasteiger partial charge in [0, 0.05) is 27.6 Å². The summed E-state index contributed by atoms with van der Waals surface area (Å²) >= 11 is 0. The number of anilines is 1. The van der Waals surface area contributed by atoms with Gasteiger partial charge in [0.15, 0.2) is 0 Å². The Bertz CT molecular complexity index is 679. The van der Waals surface area contributed by atoms with Gasteiger partial charge in [-0.3, -0.25) is 0 Å². The maximum Gasteiger partial charge on any atom is 0.142 e. The van der Waals surface area contributed by atoms with Crippen molar-refractivity contribution >= 4 is 27.6 Å². The van der Waals surface area contributed by atoms with Gasteiger partial charge in [0.05, 0.1) is 0 Å². The van der Waals surface area contributed by atoms with E-state index >= 15 is 0 Å². The Hall–Kier alpha value is -2.16. The first-order valence-electron chi connectivity index (χ1n) is 5.49. The van der Waals surface area contributed by atoms with Crippen molar-refractivity contribution in [2.24, 2.45) is 0 Å². The van der Waals surface area contributed by atoms with Crippen molar-refractivity contribution in [3.63, 3.8) is 0 Å². The number of furan rings is 1. The molecule has 3 heteroatoms. The van der Waals surface area contributed by atoms with E-state index in [1.54, 1.807) is 6.07 Å². The number of benzene rings is 2. The third-order valence-corrected chi connectivity index (χ3v) is 3.32. The van der Waals surface area contributed by atoms with Gasteiger partial charge in [-0.25, -0.2) is 0 Å². The minimum Gasteiger partial charge on any atom is -0.508 e. The van der Waals surface area contributed by atoms with Crippen LogP contribution in [0.1, 0.15) is 11.1 Å². The first-order chi connectivity index (χ1) is 8.09. The molecule has 2 aromatic carbocycles. The molecule has 0 atom stereocenters. The van der Waals surface area contributed by atoms with Gasteiger partial charge < -0.3 is 15.3 Å². The van der Waals surface area contributed by atoms with Crippen LogP contribution in [0.5, 0.6) is 5.75 Å². The average Bonchev–Trinajstić information content (AvgIpc) is 2.69. The highest BCUT2D eigenvalue weighted by Gasteiger charge is 2.13. The fourth-order valence-corrected chi connectivity index (χ4v) is 2.18. The van der Waals surface area contributed by atoms with Gasteiger partial charge in [0.2, 0.25) is 0 Å². The number of fused-ring (bicyclic) bond motifs is 3. The molecule has 1 aromatic heterocycles. The van der Waals surface area contributed by atoms with E-state index in [1.807, 2.05) is 32.0 Å². The Morgan fingerprint density at radius 3 is 2.24 bits per heavy atom. The Morgan fingerprint density at radius 1 is 0.941 bits per heavy atom. The second kappa shape index (κ2) is 3.17. The number of aryl methyl sites for hydroxylation is 2. The van der Waals surface area contributed by atoms with Gasteiger partial charge in [-0.05, 0) is 38.1 Å². The fraction of sp³-hybridized carbons (Fsp3) is 0.143. The molecule has 0 bridgehead atoms. The molecule has 3 rings (SSSR count). The third-order valence-electron chi connectivity index (χ3n) is 3.32.